The van der Waals surface area contributed by atoms with Crippen LogP contribution in [0.5, 0.6) is 0 Å². The van der Waals surface area contributed by atoms with E-state index >= 15 is 0 Å². The first-order valence-electron chi connectivity index (χ1n) is 4.84. The molecule has 2 N–H and O–H groups in total. The van der Waals surface area contributed by atoms with Crippen LogP contribution >= 0.6 is 0 Å². The van der Waals surface area contributed by atoms with Gasteiger partial charge in [-0.3, -0.25) is 4.79 Å². The zero-order valence-corrected chi connectivity index (χ0v) is 8.14. The van der Waals surface area contributed by atoms with Crippen LogP contribution in [0.1, 0.15) is 23.3 Å². The minimum Gasteiger partial charge on any atom is -0.477 e. The first kappa shape index (κ1) is 9.76. The summed E-state index contributed by atoms with van der Waals surface area (Å²) in [4.78, 5) is 21.8. The lowest BCUT2D eigenvalue weighted by molar-refractivity contribution is -0.119. The lowest BCUT2D eigenvalue weighted by Crippen LogP contribution is -2.30. The van der Waals surface area contributed by atoms with Crippen LogP contribution in [-0.2, 0) is 11.3 Å². The molecule has 15 heavy (non-hydrogen) atoms. The zero-order valence-electron chi connectivity index (χ0n) is 8.14. The van der Waals surface area contributed by atoms with Crippen LogP contribution in [-0.4, -0.2) is 27.6 Å². The average Bonchev–Trinajstić information content (AvgIpc) is 2.75. The van der Waals surface area contributed by atoms with Gasteiger partial charge in [-0.2, -0.15) is 0 Å². The van der Waals surface area contributed by atoms with Gasteiger partial charge in [0, 0.05) is 25.2 Å². The number of rotatable bonds is 3. The number of hydrogen-bond acceptors (Lipinski definition) is 2. The van der Waals surface area contributed by atoms with Gasteiger partial charge in [-0.15, -0.1) is 0 Å². The van der Waals surface area contributed by atoms with E-state index in [0.29, 0.717) is 13.0 Å². The molecule has 1 aromatic rings. The van der Waals surface area contributed by atoms with E-state index in [4.69, 9.17) is 5.11 Å². The molecule has 1 saturated heterocycles. The molecule has 2 rings (SSSR count). The summed E-state index contributed by atoms with van der Waals surface area (Å²) in [5, 5.41) is 11.7. The maximum atomic E-state index is 11.0. The predicted molar refractivity (Wildman–Crippen MR) is 52.6 cm³/mol. The van der Waals surface area contributed by atoms with Gasteiger partial charge in [0.2, 0.25) is 5.91 Å². The predicted octanol–water partition coefficient (Wildman–Crippen LogP) is 0.465. The molecule has 0 spiro atoms. The number of aromatic nitrogens is 1. The summed E-state index contributed by atoms with van der Waals surface area (Å²) in [6.45, 7) is 0.528. The molecule has 0 radical (unpaired) electrons. The van der Waals surface area contributed by atoms with Crippen LogP contribution in [0.25, 0.3) is 0 Å². The maximum Gasteiger partial charge on any atom is 0.352 e. The fourth-order valence-electron chi connectivity index (χ4n) is 1.82. The molecule has 0 saturated carbocycles. The highest BCUT2D eigenvalue weighted by Crippen LogP contribution is 2.11. The SMILES string of the molecule is O=C1CCC(Cn2cccc2C(=O)O)N1. The van der Waals surface area contributed by atoms with Gasteiger partial charge < -0.3 is 15.0 Å². The Morgan fingerprint density at radius 3 is 3.07 bits per heavy atom. The number of aromatic carboxylic acids is 1. The minimum atomic E-state index is -0.940. The molecular weight excluding hydrogens is 196 g/mol. The monoisotopic (exact) mass is 208 g/mol. The highest BCUT2D eigenvalue weighted by atomic mass is 16.4. The summed E-state index contributed by atoms with van der Waals surface area (Å²) >= 11 is 0. The van der Waals surface area contributed by atoms with Crippen molar-refractivity contribution in [2.45, 2.75) is 25.4 Å². The number of amides is 1. The van der Waals surface area contributed by atoms with Crippen molar-refractivity contribution in [2.75, 3.05) is 0 Å². The van der Waals surface area contributed by atoms with Gasteiger partial charge in [-0.05, 0) is 18.6 Å². The zero-order chi connectivity index (χ0) is 10.8. The van der Waals surface area contributed by atoms with Gasteiger partial charge in [0.05, 0.1) is 0 Å². The molecule has 1 amide bonds. The number of carbonyl (C=O) groups excluding carboxylic acids is 1. The molecule has 1 aromatic heterocycles. The topological polar surface area (TPSA) is 71.3 Å². The van der Waals surface area contributed by atoms with Crippen molar-refractivity contribution in [3.8, 4) is 0 Å². The third kappa shape index (κ3) is 2.01. The Kier molecular flexibility index (Phi) is 2.45. The second-order valence-corrected chi connectivity index (χ2v) is 3.65. The fourth-order valence-corrected chi connectivity index (χ4v) is 1.82. The smallest absolute Gasteiger partial charge is 0.352 e. The van der Waals surface area contributed by atoms with Crippen molar-refractivity contribution in [2.24, 2.45) is 0 Å². The van der Waals surface area contributed by atoms with Gasteiger partial charge in [-0.25, -0.2) is 4.79 Å². The van der Waals surface area contributed by atoms with Crippen LogP contribution in [0.15, 0.2) is 18.3 Å². The first-order chi connectivity index (χ1) is 7.16. The summed E-state index contributed by atoms with van der Waals surface area (Å²) < 4.78 is 1.65. The Labute approximate surface area is 86.7 Å². The van der Waals surface area contributed by atoms with Crippen LogP contribution < -0.4 is 5.32 Å². The molecule has 1 aliphatic rings. The molecule has 0 aromatic carbocycles. The largest absolute Gasteiger partial charge is 0.477 e. The minimum absolute atomic E-state index is 0.0454. The Morgan fingerprint density at radius 1 is 1.67 bits per heavy atom. The highest BCUT2D eigenvalue weighted by molar-refractivity contribution is 5.85. The Morgan fingerprint density at radius 2 is 2.47 bits per heavy atom. The van der Waals surface area contributed by atoms with Crippen molar-refractivity contribution in [3.05, 3.63) is 24.0 Å². The van der Waals surface area contributed by atoms with Gasteiger partial charge in [0.1, 0.15) is 5.69 Å². The lowest BCUT2D eigenvalue weighted by Gasteiger charge is -2.12. The first-order valence-corrected chi connectivity index (χ1v) is 4.84. The second-order valence-electron chi connectivity index (χ2n) is 3.65. The molecule has 1 aliphatic heterocycles. The van der Waals surface area contributed by atoms with E-state index in [9.17, 15) is 9.59 Å². The third-order valence-corrected chi connectivity index (χ3v) is 2.55. The summed E-state index contributed by atoms with van der Waals surface area (Å²) in [6, 6.07) is 3.31. The molecule has 1 atom stereocenters. The van der Waals surface area contributed by atoms with Gasteiger partial charge >= 0.3 is 5.97 Å². The van der Waals surface area contributed by atoms with E-state index in [1.807, 2.05) is 0 Å². The molecule has 1 unspecified atom stereocenters. The molecule has 1 fully saturated rings. The van der Waals surface area contributed by atoms with Crippen molar-refractivity contribution in [1.29, 1.82) is 0 Å². The van der Waals surface area contributed by atoms with Crippen molar-refractivity contribution in [3.63, 3.8) is 0 Å². The van der Waals surface area contributed by atoms with E-state index in [1.165, 1.54) is 0 Å². The maximum absolute atomic E-state index is 11.0. The number of nitrogens with zero attached hydrogens (tertiary/aromatic N) is 1. The lowest BCUT2D eigenvalue weighted by atomic mass is 10.2. The summed E-state index contributed by atoms with van der Waals surface area (Å²) in [7, 11) is 0. The van der Waals surface area contributed by atoms with Gasteiger partial charge in [0.25, 0.3) is 0 Å². The van der Waals surface area contributed by atoms with Crippen molar-refractivity contribution < 1.29 is 14.7 Å². The molecule has 2 heterocycles. The van der Waals surface area contributed by atoms with Gasteiger partial charge in [0.15, 0.2) is 0 Å². The van der Waals surface area contributed by atoms with Crippen LogP contribution in [0.4, 0.5) is 0 Å². The molecule has 80 valence electrons. The Hall–Kier alpha value is -1.78. The van der Waals surface area contributed by atoms with E-state index < -0.39 is 5.97 Å². The van der Waals surface area contributed by atoms with Crippen molar-refractivity contribution in [1.82, 2.24) is 9.88 Å². The Balaban J connectivity index is 2.07. The third-order valence-electron chi connectivity index (χ3n) is 2.55. The summed E-state index contributed by atoms with van der Waals surface area (Å²) in [6.07, 6.45) is 3.03. The number of carbonyl (C=O) groups is 2. The molecule has 5 nitrogen and oxygen atoms in total. The number of nitrogens with one attached hydrogen (secondary N) is 1. The van der Waals surface area contributed by atoms with E-state index in [-0.39, 0.29) is 17.6 Å². The highest BCUT2D eigenvalue weighted by Gasteiger charge is 2.22. The van der Waals surface area contributed by atoms with E-state index in [2.05, 4.69) is 5.32 Å². The number of carboxylic acid groups (broad SMARTS) is 1. The summed E-state index contributed by atoms with van der Waals surface area (Å²) in [5.41, 5.74) is 0.260. The molecule has 0 aliphatic carbocycles. The molecule has 5 heteroatoms. The molecular formula is C10H12N2O3. The Bertz CT molecular complexity index is 397. The van der Waals surface area contributed by atoms with Crippen LogP contribution in [0, 0.1) is 0 Å². The van der Waals surface area contributed by atoms with Gasteiger partial charge in [-0.1, -0.05) is 0 Å². The second kappa shape index (κ2) is 3.76. The number of carboxylic acids is 1. The van der Waals surface area contributed by atoms with E-state index in [0.717, 1.165) is 6.42 Å². The van der Waals surface area contributed by atoms with Crippen LogP contribution in [0.3, 0.4) is 0 Å². The fraction of sp³-hybridized carbons (Fsp3) is 0.400. The average molecular weight is 208 g/mol. The standard InChI is InChI=1S/C10H12N2O3/c13-9-4-3-7(11-9)6-12-5-1-2-8(12)10(14)15/h1-2,5,7H,3-4,6H2,(H,11,13)(H,14,15). The number of hydrogen-bond donors (Lipinski definition) is 2. The molecule has 0 bridgehead atoms. The normalized spacial score (nSPS) is 20.3. The van der Waals surface area contributed by atoms with Crippen molar-refractivity contribution >= 4 is 11.9 Å². The van der Waals surface area contributed by atoms with E-state index in [1.54, 1.807) is 22.9 Å². The summed E-state index contributed by atoms with van der Waals surface area (Å²) in [5.74, 6) is -0.895. The quantitative estimate of drug-likeness (QED) is 0.758. The van der Waals surface area contributed by atoms with Crippen LogP contribution in [0.2, 0.25) is 0 Å².